The Morgan fingerprint density at radius 1 is 0.963 bits per heavy atom. The molecule has 1 aromatic heterocycles. The summed E-state index contributed by atoms with van der Waals surface area (Å²) in [7, 11) is -3.30. The molecule has 1 fully saturated rings. The molecule has 5 heteroatoms. The van der Waals surface area contributed by atoms with Crippen LogP contribution in [0.15, 0.2) is 47.6 Å². The first-order valence-electron chi connectivity index (χ1n) is 9.29. The molecule has 0 aliphatic heterocycles. The minimum atomic E-state index is -3.30. The highest BCUT2D eigenvalue weighted by Crippen LogP contribution is 2.57. The van der Waals surface area contributed by atoms with Crippen LogP contribution >= 0.6 is 0 Å². The number of nitriles is 1. The smallest absolute Gasteiger partial charge is 0.192 e. The molecule has 0 atom stereocenters. The van der Waals surface area contributed by atoms with Gasteiger partial charge in [-0.25, -0.2) is 13.4 Å². The van der Waals surface area contributed by atoms with Crippen molar-refractivity contribution in [3.63, 3.8) is 0 Å². The van der Waals surface area contributed by atoms with Crippen LogP contribution in [0, 0.1) is 16.7 Å². The summed E-state index contributed by atoms with van der Waals surface area (Å²) >= 11 is 0. The van der Waals surface area contributed by atoms with Gasteiger partial charge in [0, 0.05) is 12.5 Å². The van der Waals surface area contributed by atoms with Gasteiger partial charge in [0.15, 0.2) is 14.9 Å². The molecular formula is C22H22N2O2S. The van der Waals surface area contributed by atoms with Crippen molar-refractivity contribution < 1.29 is 8.42 Å². The minimum absolute atomic E-state index is 0.111. The highest BCUT2D eigenvalue weighted by Gasteiger charge is 2.41. The third-order valence-electron chi connectivity index (χ3n) is 5.96. The number of sulfone groups is 1. The summed E-state index contributed by atoms with van der Waals surface area (Å²) in [5.74, 6) is 0. The molecule has 0 saturated heterocycles. The van der Waals surface area contributed by atoms with Gasteiger partial charge in [-0.05, 0) is 71.6 Å². The van der Waals surface area contributed by atoms with Gasteiger partial charge in [-0.3, -0.25) is 0 Å². The van der Waals surface area contributed by atoms with Gasteiger partial charge in [0.2, 0.25) is 0 Å². The first-order chi connectivity index (χ1) is 12.9. The van der Waals surface area contributed by atoms with Gasteiger partial charge in [0.05, 0.1) is 11.6 Å². The maximum atomic E-state index is 11.7. The predicted molar refractivity (Wildman–Crippen MR) is 105 cm³/mol. The van der Waals surface area contributed by atoms with Gasteiger partial charge in [-0.2, -0.15) is 5.26 Å². The van der Waals surface area contributed by atoms with Crippen molar-refractivity contribution in [2.24, 2.45) is 5.41 Å². The van der Waals surface area contributed by atoms with Crippen molar-refractivity contribution in [1.29, 1.82) is 5.26 Å². The standard InChI is InChI=1S/C22H22N2O2S/c1-27(25,26)21-9-8-18(15-24-21)20-13-22(10-2-3-11-22)12-19(20)17-6-4-16(14-23)5-7-17/h4-9,15H,2-3,10-13H2,1H3. The molecule has 27 heavy (non-hydrogen) atoms. The van der Waals surface area contributed by atoms with Gasteiger partial charge >= 0.3 is 0 Å². The number of allylic oxidation sites excluding steroid dienone is 2. The molecule has 0 N–H and O–H groups in total. The molecule has 1 heterocycles. The number of aromatic nitrogens is 1. The molecule has 2 aliphatic rings. The molecule has 0 bridgehead atoms. The van der Waals surface area contributed by atoms with Gasteiger partial charge in [0.25, 0.3) is 0 Å². The molecule has 0 radical (unpaired) electrons. The highest BCUT2D eigenvalue weighted by molar-refractivity contribution is 7.90. The monoisotopic (exact) mass is 378 g/mol. The van der Waals surface area contributed by atoms with E-state index in [1.807, 2.05) is 30.3 Å². The van der Waals surface area contributed by atoms with E-state index >= 15 is 0 Å². The van der Waals surface area contributed by atoms with Crippen molar-refractivity contribution in [2.45, 2.75) is 43.6 Å². The Morgan fingerprint density at radius 3 is 2.07 bits per heavy atom. The maximum absolute atomic E-state index is 11.7. The van der Waals surface area contributed by atoms with Crippen molar-refractivity contribution in [2.75, 3.05) is 6.26 Å². The van der Waals surface area contributed by atoms with Crippen LogP contribution in [0.2, 0.25) is 0 Å². The van der Waals surface area contributed by atoms with E-state index in [-0.39, 0.29) is 5.03 Å². The zero-order chi connectivity index (χ0) is 19.1. The van der Waals surface area contributed by atoms with E-state index in [0.717, 1.165) is 24.0 Å². The zero-order valence-corrected chi connectivity index (χ0v) is 16.2. The van der Waals surface area contributed by atoms with E-state index in [2.05, 4.69) is 11.1 Å². The second-order valence-electron chi connectivity index (χ2n) is 7.86. The van der Waals surface area contributed by atoms with Crippen molar-refractivity contribution in [3.8, 4) is 6.07 Å². The van der Waals surface area contributed by atoms with E-state index < -0.39 is 9.84 Å². The lowest BCUT2D eigenvalue weighted by Gasteiger charge is -2.23. The number of hydrogen-bond donors (Lipinski definition) is 0. The van der Waals surface area contributed by atoms with Crippen LogP contribution in [-0.2, 0) is 9.84 Å². The third-order valence-corrected chi connectivity index (χ3v) is 6.96. The van der Waals surface area contributed by atoms with Crippen molar-refractivity contribution >= 4 is 21.0 Å². The predicted octanol–water partition coefficient (Wildman–Crippen LogP) is 4.62. The average molecular weight is 378 g/mol. The summed E-state index contributed by atoms with van der Waals surface area (Å²) < 4.78 is 23.4. The third kappa shape index (κ3) is 3.42. The Kier molecular flexibility index (Phi) is 4.39. The molecule has 1 spiro atoms. The van der Waals surface area contributed by atoms with Gasteiger partial charge in [-0.1, -0.05) is 31.0 Å². The molecule has 4 nitrogen and oxygen atoms in total. The molecule has 0 unspecified atom stereocenters. The first kappa shape index (κ1) is 17.9. The van der Waals surface area contributed by atoms with Crippen molar-refractivity contribution in [1.82, 2.24) is 4.98 Å². The average Bonchev–Trinajstić information content (AvgIpc) is 3.28. The minimum Gasteiger partial charge on any atom is -0.244 e. The summed E-state index contributed by atoms with van der Waals surface area (Å²) in [4.78, 5) is 4.20. The maximum Gasteiger partial charge on any atom is 0.192 e. The summed E-state index contributed by atoms with van der Waals surface area (Å²) in [6.45, 7) is 0. The number of hydrogen-bond acceptors (Lipinski definition) is 4. The molecule has 4 rings (SSSR count). The van der Waals surface area contributed by atoms with Crippen LogP contribution in [-0.4, -0.2) is 19.7 Å². The van der Waals surface area contributed by atoms with E-state index in [1.165, 1.54) is 43.1 Å². The van der Waals surface area contributed by atoms with Crippen LogP contribution in [0.5, 0.6) is 0 Å². The fourth-order valence-electron chi connectivity index (χ4n) is 4.58. The normalized spacial score (nSPS) is 18.8. The quantitative estimate of drug-likeness (QED) is 0.781. The van der Waals surface area contributed by atoms with E-state index in [1.54, 1.807) is 12.3 Å². The van der Waals surface area contributed by atoms with Crippen LogP contribution in [0.4, 0.5) is 0 Å². The second kappa shape index (κ2) is 6.61. The Balaban J connectivity index is 1.77. The van der Waals surface area contributed by atoms with E-state index in [4.69, 9.17) is 5.26 Å². The Morgan fingerprint density at radius 2 is 1.56 bits per heavy atom. The summed E-state index contributed by atoms with van der Waals surface area (Å²) in [5.41, 5.74) is 5.73. The number of benzene rings is 1. The lowest BCUT2D eigenvalue weighted by molar-refractivity contribution is 0.330. The van der Waals surface area contributed by atoms with Crippen LogP contribution in [0.25, 0.3) is 11.1 Å². The molecule has 138 valence electrons. The fraction of sp³-hybridized carbons (Fsp3) is 0.364. The van der Waals surface area contributed by atoms with Crippen LogP contribution in [0.3, 0.4) is 0 Å². The summed E-state index contributed by atoms with van der Waals surface area (Å²) in [6.07, 6.45) is 9.97. The van der Waals surface area contributed by atoms with Gasteiger partial charge in [-0.15, -0.1) is 0 Å². The SMILES string of the molecule is CS(=O)(=O)c1ccc(C2=C(c3ccc(C#N)cc3)CC3(CCCC3)C2)cn1. The summed E-state index contributed by atoms with van der Waals surface area (Å²) in [5, 5.41) is 9.18. The van der Waals surface area contributed by atoms with Crippen molar-refractivity contribution in [3.05, 3.63) is 59.3 Å². The second-order valence-corrected chi connectivity index (χ2v) is 9.83. The Bertz CT molecular complexity index is 1040. The Hall–Kier alpha value is -2.45. The fourth-order valence-corrected chi connectivity index (χ4v) is 5.14. The first-order valence-corrected chi connectivity index (χ1v) is 11.2. The lowest BCUT2D eigenvalue weighted by Crippen LogP contribution is -2.11. The molecular weight excluding hydrogens is 356 g/mol. The van der Waals surface area contributed by atoms with Gasteiger partial charge in [0.1, 0.15) is 0 Å². The largest absolute Gasteiger partial charge is 0.244 e. The molecule has 1 aromatic carbocycles. The van der Waals surface area contributed by atoms with Gasteiger partial charge < -0.3 is 0 Å². The molecule has 1 saturated carbocycles. The molecule has 0 amide bonds. The number of nitrogens with zero attached hydrogens (tertiary/aromatic N) is 2. The Labute approximate surface area is 160 Å². The summed E-state index contributed by atoms with van der Waals surface area (Å²) in [6, 6.07) is 13.5. The van der Waals surface area contributed by atoms with E-state index in [9.17, 15) is 8.42 Å². The number of rotatable bonds is 3. The topological polar surface area (TPSA) is 70.8 Å². The van der Waals surface area contributed by atoms with Crippen LogP contribution in [0.1, 0.15) is 55.2 Å². The molecule has 2 aromatic rings. The molecule has 2 aliphatic carbocycles. The highest BCUT2D eigenvalue weighted by atomic mass is 32.2. The zero-order valence-electron chi connectivity index (χ0n) is 15.4. The van der Waals surface area contributed by atoms with E-state index in [0.29, 0.717) is 11.0 Å². The van der Waals surface area contributed by atoms with Crippen LogP contribution < -0.4 is 0 Å². The number of pyridine rings is 1. The lowest BCUT2D eigenvalue weighted by atomic mass is 9.81.